The summed E-state index contributed by atoms with van der Waals surface area (Å²) in [5.74, 6) is -0.147. The van der Waals surface area contributed by atoms with Gasteiger partial charge in [0, 0.05) is 24.3 Å². The molecule has 2 aromatic heterocycles. The number of alkyl carbamates (subject to hydrolysis) is 1. The summed E-state index contributed by atoms with van der Waals surface area (Å²) < 4.78 is 9.23. The highest BCUT2D eigenvalue weighted by atomic mass is 79.9. The summed E-state index contributed by atoms with van der Waals surface area (Å²) in [7, 11) is 0. The van der Waals surface area contributed by atoms with Crippen LogP contribution in [0.5, 0.6) is 0 Å². The number of nitrogens with one attached hydrogen (secondary N) is 1. The van der Waals surface area contributed by atoms with Crippen LogP contribution in [-0.4, -0.2) is 49.8 Å². The zero-order valence-electron chi connectivity index (χ0n) is 25.7. The normalized spacial score (nSPS) is 12.3. The van der Waals surface area contributed by atoms with Crippen molar-refractivity contribution in [2.24, 2.45) is 0 Å². The van der Waals surface area contributed by atoms with Crippen LogP contribution in [-0.2, 0) is 11.3 Å². The van der Waals surface area contributed by atoms with E-state index in [1.165, 1.54) is 4.52 Å². The van der Waals surface area contributed by atoms with Crippen molar-refractivity contribution in [3.8, 4) is 0 Å². The highest BCUT2D eigenvalue weighted by molar-refractivity contribution is 9.10. The van der Waals surface area contributed by atoms with Gasteiger partial charge in [0.05, 0.1) is 28.3 Å². The van der Waals surface area contributed by atoms with E-state index in [1.54, 1.807) is 4.57 Å². The van der Waals surface area contributed by atoms with Crippen molar-refractivity contribution in [1.82, 2.24) is 24.4 Å². The molecule has 0 bridgehead atoms. The second-order valence-electron chi connectivity index (χ2n) is 11.7. The summed E-state index contributed by atoms with van der Waals surface area (Å²) in [5, 5.41) is 7.28. The summed E-state index contributed by atoms with van der Waals surface area (Å²) in [6, 6.07) is 18.8. The van der Waals surface area contributed by atoms with E-state index in [0.717, 1.165) is 15.6 Å². The Morgan fingerprint density at radius 3 is 2.37 bits per heavy atom. The van der Waals surface area contributed by atoms with Crippen LogP contribution in [0.2, 0.25) is 0 Å². The summed E-state index contributed by atoms with van der Waals surface area (Å²) in [6.45, 7) is 12.3. The van der Waals surface area contributed by atoms with E-state index in [-0.39, 0.29) is 11.6 Å². The third-order valence-corrected chi connectivity index (χ3v) is 8.10. The number of fused-ring (bicyclic) bond motifs is 1. The molecule has 0 saturated heterocycles. The second-order valence-corrected chi connectivity index (χ2v) is 12.5. The minimum atomic E-state index is -0.605. The molecular formula is C33H40BrN5O4. The largest absolute Gasteiger partial charge is 0.444 e. The van der Waals surface area contributed by atoms with Gasteiger partial charge in [-0.1, -0.05) is 55.0 Å². The number of carbonyl (C=O) groups excluding carboxylic acids is 2. The van der Waals surface area contributed by atoms with Crippen LogP contribution in [0, 0.1) is 13.8 Å². The van der Waals surface area contributed by atoms with Crippen LogP contribution in [0.3, 0.4) is 0 Å². The van der Waals surface area contributed by atoms with Crippen molar-refractivity contribution >= 4 is 33.4 Å². The lowest BCUT2D eigenvalue weighted by atomic mass is 10.0. The average molecular weight is 651 g/mol. The minimum absolute atomic E-state index is 0.147. The van der Waals surface area contributed by atoms with E-state index in [2.05, 4.69) is 26.3 Å². The Bertz CT molecular complexity index is 1640. The zero-order valence-corrected chi connectivity index (χ0v) is 27.3. The maximum atomic E-state index is 14.1. The summed E-state index contributed by atoms with van der Waals surface area (Å²) in [4.78, 5) is 42.2. The predicted octanol–water partition coefficient (Wildman–Crippen LogP) is 6.43. The number of rotatable bonds is 10. The number of halogens is 1. The summed E-state index contributed by atoms with van der Waals surface area (Å²) >= 11 is 3.61. The van der Waals surface area contributed by atoms with Gasteiger partial charge in [0.2, 0.25) is 0 Å². The van der Waals surface area contributed by atoms with Gasteiger partial charge < -0.3 is 15.0 Å². The van der Waals surface area contributed by atoms with Crippen LogP contribution >= 0.6 is 15.9 Å². The fourth-order valence-electron chi connectivity index (χ4n) is 5.04. The third kappa shape index (κ3) is 7.73. The lowest BCUT2D eigenvalue weighted by Crippen LogP contribution is -2.41. The van der Waals surface area contributed by atoms with Gasteiger partial charge in [0.15, 0.2) is 0 Å². The molecule has 2 heterocycles. The fraction of sp³-hybridized carbons (Fsp3) is 0.394. The van der Waals surface area contributed by atoms with Crippen molar-refractivity contribution in [1.29, 1.82) is 0 Å². The molecule has 2 amide bonds. The first kappa shape index (κ1) is 32.0. The topological polar surface area (TPSA) is 97.9 Å². The standard InChI is InChI=1S/C33H40BrN5O4/c1-7-26(27-20-28-29(34)23(3)36-39(28)32(42)38(27)21-24-12-9-8-10-13-24)37(30(40)25-16-14-22(2)15-17-25)19-11-18-35-31(41)43-33(4,5)6/h8-10,12-17,20,26H,7,11,18-19,21H2,1-6H3,(H,35,41)/t26-/m1/s1. The third-order valence-electron chi connectivity index (χ3n) is 7.12. The fourth-order valence-corrected chi connectivity index (χ4v) is 5.41. The van der Waals surface area contributed by atoms with Crippen molar-refractivity contribution in [3.63, 3.8) is 0 Å². The monoisotopic (exact) mass is 649 g/mol. The number of aryl methyl sites for hydroxylation is 2. The van der Waals surface area contributed by atoms with E-state index >= 15 is 0 Å². The van der Waals surface area contributed by atoms with Crippen LogP contribution in [0.4, 0.5) is 4.79 Å². The van der Waals surface area contributed by atoms with E-state index in [0.29, 0.717) is 54.9 Å². The number of amides is 2. The molecule has 228 valence electrons. The molecule has 1 N–H and O–H groups in total. The Kier molecular flexibility index (Phi) is 10.1. The maximum absolute atomic E-state index is 14.1. The molecule has 4 rings (SSSR count). The van der Waals surface area contributed by atoms with Gasteiger partial charge in [-0.2, -0.15) is 9.61 Å². The first-order valence-electron chi connectivity index (χ1n) is 14.6. The Hall–Kier alpha value is -3.92. The molecule has 0 aliphatic carbocycles. The van der Waals surface area contributed by atoms with Gasteiger partial charge in [-0.3, -0.25) is 9.36 Å². The molecule has 4 aromatic rings. The van der Waals surface area contributed by atoms with Crippen LogP contribution in [0.15, 0.2) is 69.9 Å². The zero-order chi connectivity index (χ0) is 31.3. The molecule has 9 nitrogen and oxygen atoms in total. The molecular weight excluding hydrogens is 610 g/mol. The number of aromatic nitrogens is 3. The van der Waals surface area contributed by atoms with Gasteiger partial charge in [0.1, 0.15) is 5.60 Å². The maximum Gasteiger partial charge on any atom is 0.407 e. The van der Waals surface area contributed by atoms with Gasteiger partial charge in [-0.25, -0.2) is 9.59 Å². The number of hydrogen-bond donors (Lipinski definition) is 1. The molecule has 0 saturated carbocycles. The summed E-state index contributed by atoms with van der Waals surface area (Å²) in [6.07, 6.45) is 0.555. The van der Waals surface area contributed by atoms with Crippen LogP contribution < -0.4 is 11.0 Å². The Balaban J connectivity index is 1.76. The van der Waals surface area contributed by atoms with Gasteiger partial charge in [0.25, 0.3) is 5.91 Å². The molecule has 0 radical (unpaired) electrons. The van der Waals surface area contributed by atoms with Gasteiger partial charge >= 0.3 is 11.8 Å². The molecule has 0 aliphatic heterocycles. The number of nitrogens with zero attached hydrogens (tertiary/aromatic N) is 4. The molecule has 0 fully saturated rings. The van der Waals surface area contributed by atoms with E-state index in [4.69, 9.17) is 4.74 Å². The van der Waals surface area contributed by atoms with Gasteiger partial charge in [-0.05, 0) is 87.2 Å². The van der Waals surface area contributed by atoms with Crippen molar-refractivity contribution in [2.45, 2.75) is 72.6 Å². The Morgan fingerprint density at radius 1 is 1.07 bits per heavy atom. The number of ether oxygens (including phenoxy) is 1. The van der Waals surface area contributed by atoms with E-state index in [9.17, 15) is 14.4 Å². The molecule has 0 unspecified atom stereocenters. The van der Waals surface area contributed by atoms with Crippen molar-refractivity contribution in [3.05, 3.63) is 104 Å². The van der Waals surface area contributed by atoms with E-state index in [1.807, 2.05) is 107 Å². The van der Waals surface area contributed by atoms with Gasteiger partial charge in [-0.15, -0.1) is 0 Å². The Morgan fingerprint density at radius 2 is 1.74 bits per heavy atom. The first-order valence-corrected chi connectivity index (χ1v) is 15.4. The lowest BCUT2D eigenvalue weighted by Gasteiger charge is -2.33. The second kappa shape index (κ2) is 13.6. The highest BCUT2D eigenvalue weighted by Crippen LogP contribution is 2.30. The van der Waals surface area contributed by atoms with Crippen molar-refractivity contribution < 1.29 is 14.3 Å². The van der Waals surface area contributed by atoms with Crippen LogP contribution in [0.25, 0.3) is 5.52 Å². The SMILES string of the molecule is CC[C@H](c1cc2c(Br)c(C)nn2c(=O)n1Cc1ccccc1)N(CCCNC(=O)OC(C)(C)C)C(=O)c1ccc(C)cc1. The molecule has 0 spiro atoms. The average Bonchev–Trinajstić information content (AvgIpc) is 3.25. The van der Waals surface area contributed by atoms with Crippen molar-refractivity contribution in [2.75, 3.05) is 13.1 Å². The Labute approximate surface area is 261 Å². The van der Waals surface area contributed by atoms with E-state index < -0.39 is 17.7 Å². The molecule has 1 atom stereocenters. The highest BCUT2D eigenvalue weighted by Gasteiger charge is 2.29. The molecule has 43 heavy (non-hydrogen) atoms. The number of benzene rings is 2. The molecule has 0 aliphatic rings. The van der Waals surface area contributed by atoms with Crippen LogP contribution in [0.1, 0.15) is 79.5 Å². The lowest BCUT2D eigenvalue weighted by molar-refractivity contribution is 0.0523. The number of hydrogen-bond acceptors (Lipinski definition) is 5. The molecule has 10 heteroatoms. The smallest absolute Gasteiger partial charge is 0.407 e. The first-order chi connectivity index (χ1) is 20.4. The minimum Gasteiger partial charge on any atom is -0.444 e. The summed E-state index contributed by atoms with van der Waals surface area (Å²) in [5.41, 5.74) is 3.75. The quantitative estimate of drug-likeness (QED) is 0.200. The predicted molar refractivity (Wildman–Crippen MR) is 172 cm³/mol. The number of carbonyl (C=O) groups is 2. The molecule has 2 aromatic carbocycles.